The van der Waals surface area contributed by atoms with E-state index in [0.717, 1.165) is 18.5 Å². The normalized spacial score (nSPS) is 22.1. The molecular weight excluding hydrogens is 174 g/mol. The summed E-state index contributed by atoms with van der Waals surface area (Å²) in [5.74, 6) is 0.422. The SMILES string of the molecule is Cc1cc2c(cc1O)C(C)N(C)CC2. The molecule has 0 amide bonds. The van der Waals surface area contributed by atoms with Crippen molar-refractivity contribution < 1.29 is 5.11 Å². The molecule has 0 aromatic heterocycles. The third-order valence-corrected chi connectivity index (χ3v) is 3.30. The summed E-state index contributed by atoms with van der Waals surface area (Å²) < 4.78 is 0. The fourth-order valence-electron chi connectivity index (χ4n) is 2.11. The Labute approximate surface area is 85.2 Å². The zero-order chi connectivity index (χ0) is 10.3. The lowest BCUT2D eigenvalue weighted by atomic mass is 9.92. The quantitative estimate of drug-likeness (QED) is 0.680. The van der Waals surface area contributed by atoms with E-state index in [4.69, 9.17) is 0 Å². The zero-order valence-corrected chi connectivity index (χ0v) is 9.04. The number of hydrogen-bond donors (Lipinski definition) is 1. The van der Waals surface area contributed by atoms with Crippen molar-refractivity contribution in [3.05, 3.63) is 28.8 Å². The van der Waals surface area contributed by atoms with Crippen molar-refractivity contribution >= 4 is 0 Å². The number of fused-ring (bicyclic) bond motifs is 1. The lowest BCUT2D eigenvalue weighted by Gasteiger charge is -2.32. The van der Waals surface area contributed by atoms with E-state index in [-0.39, 0.29) is 0 Å². The first-order valence-corrected chi connectivity index (χ1v) is 5.12. The van der Waals surface area contributed by atoms with Gasteiger partial charge < -0.3 is 5.11 Å². The number of hydrogen-bond acceptors (Lipinski definition) is 2. The second-order valence-electron chi connectivity index (χ2n) is 4.24. The molecule has 0 saturated heterocycles. The molecular formula is C12H17NO. The zero-order valence-electron chi connectivity index (χ0n) is 9.04. The van der Waals surface area contributed by atoms with Gasteiger partial charge in [0.25, 0.3) is 0 Å². The minimum Gasteiger partial charge on any atom is -0.508 e. The molecule has 2 rings (SSSR count). The van der Waals surface area contributed by atoms with Crippen LogP contribution in [0.4, 0.5) is 0 Å². The smallest absolute Gasteiger partial charge is 0.118 e. The number of rotatable bonds is 0. The highest BCUT2D eigenvalue weighted by Gasteiger charge is 2.21. The summed E-state index contributed by atoms with van der Waals surface area (Å²) >= 11 is 0. The molecule has 0 radical (unpaired) electrons. The maximum Gasteiger partial charge on any atom is 0.118 e. The van der Waals surface area contributed by atoms with Crippen molar-refractivity contribution in [1.82, 2.24) is 4.90 Å². The summed E-state index contributed by atoms with van der Waals surface area (Å²) in [6.07, 6.45) is 1.09. The van der Waals surface area contributed by atoms with Gasteiger partial charge in [0.05, 0.1) is 0 Å². The number of phenolic OH excluding ortho intramolecular Hbond substituents is 1. The van der Waals surface area contributed by atoms with Crippen LogP contribution in [0.3, 0.4) is 0 Å². The first-order valence-electron chi connectivity index (χ1n) is 5.12. The summed E-state index contributed by atoms with van der Waals surface area (Å²) in [6, 6.07) is 4.46. The third kappa shape index (κ3) is 1.40. The van der Waals surface area contributed by atoms with Crippen molar-refractivity contribution in [2.24, 2.45) is 0 Å². The Morgan fingerprint density at radius 1 is 1.43 bits per heavy atom. The van der Waals surface area contributed by atoms with Crippen LogP contribution in [-0.4, -0.2) is 23.6 Å². The van der Waals surface area contributed by atoms with Crippen LogP contribution in [0.15, 0.2) is 12.1 Å². The Bertz CT molecular complexity index is 360. The molecule has 0 bridgehead atoms. The van der Waals surface area contributed by atoms with Crippen molar-refractivity contribution in [3.63, 3.8) is 0 Å². The predicted octanol–water partition coefficient (Wildman–Crippen LogP) is 2.25. The van der Waals surface area contributed by atoms with Crippen LogP contribution >= 0.6 is 0 Å². The van der Waals surface area contributed by atoms with Crippen LogP contribution in [-0.2, 0) is 6.42 Å². The van der Waals surface area contributed by atoms with Gasteiger partial charge in [-0.15, -0.1) is 0 Å². The fraction of sp³-hybridized carbons (Fsp3) is 0.500. The summed E-state index contributed by atoms with van der Waals surface area (Å²) in [5.41, 5.74) is 3.66. The Kier molecular flexibility index (Phi) is 2.23. The Morgan fingerprint density at radius 2 is 2.14 bits per heavy atom. The minimum absolute atomic E-state index is 0.422. The average molecular weight is 191 g/mol. The lowest BCUT2D eigenvalue weighted by molar-refractivity contribution is 0.247. The lowest BCUT2D eigenvalue weighted by Crippen LogP contribution is -2.30. The molecule has 1 unspecified atom stereocenters. The second-order valence-corrected chi connectivity index (χ2v) is 4.24. The van der Waals surface area contributed by atoms with Crippen LogP contribution in [0.25, 0.3) is 0 Å². The maximum atomic E-state index is 9.66. The highest BCUT2D eigenvalue weighted by atomic mass is 16.3. The van der Waals surface area contributed by atoms with Gasteiger partial charge in [0.1, 0.15) is 5.75 Å². The summed E-state index contributed by atoms with van der Waals surface area (Å²) in [4.78, 5) is 2.32. The van der Waals surface area contributed by atoms with E-state index < -0.39 is 0 Å². The van der Waals surface area contributed by atoms with Gasteiger partial charge in [0.2, 0.25) is 0 Å². The molecule has 2 heteroatoms. The summed E-state index contributed by atoms with van der Waals surface area (Å²) in [7, 11) is 2.13. The van der Waals surface area contributed by atoms with E-state index in [0.29, 0.717) is 11.8 Å². The largest absolute Gasteiger partial charge is 0.508 e. The molecule has 1 aromatic carbocycles. The van der Waals surface area contributed by atoms with Gasteiger partial charge in [-0.2, -0.15) is 0 Å². The molecule has 14 heavy (non-hydrogen) atoms. The molecule has 2 nitrogen and oxygen atoms in total. The minimum atomic E-state index is 0.422. The van der Waals surface area contributed by atoms with E-state index >= 15 is 0 Å². The average Bonchev–Trinajstić information content (AvgIpc) is 2.15. The highest BCUT2D eigenvalue weighted by molar-refractivity contribution is 5.43. The molecule has 0 fully saturated rings. The van der Waals surface area contributed by atoms with Gasteiger partial charge in [-0.3, -0.25) is 4.90 Å². The van der Waals surface area contributed by atoms with Gasteiger partial charge >= 0.3 is 0 Å². The second kappa shape index (κ2) is 3.28. The predicted molar refractivity (Wildman–Crippen MR) is 57.6 cm³/mol. The van der Waals surface area contributed by atoms with E-state index in [9.17, 15) is 5.11 Å². The van der Waals surface area contributed by atoms with E-state index in [1.165, 1.54) is 11.1 Å². The number of phenols is 1. The van der Waals surface area contributed by atoms with Gasteiger partial charge in [0, 0.05) is 12.6 Å². The van der Waals surface area contributed by atoms with E-state index in [1.807, 2.05) is 13.0 Å². The number of aryl methyl sites for hydroxylation is 1. The monoisotopic (exact) mass is 191 g/mol. The highest BCUT2D eigenvalue weighted by Crippen LogP contribution is 2.32. The van der Waals surface area contributed by atoms with Crippen LogP contribution in [0, 0.1) is 6.92 Å². The number of benzene rings is 1. The summed E-state index contributed by atoms with van der Waals surface area (Å²) in [5, 5.41) is 9.66. The van der Waals surface area contributed by atoms with Crippen LogP contribution in [0.5, 0.6) is 5.75 Å². The molecule has 1 aliphatic heterocycles. The van der Waals surface area contributed by atoms with Crippen molar-refractivity contribution in [2.75, 3.05) is 13.6 Å². The molecule has 1 aliphatic rings. The first kappa shape index (κ1) is 9.53. The van der Waals surface area contributed by atoms with Crippen LogP contribution in [0.2, 0.25) is 0 Å². The van der Waals surface area contributed by atoms with E-state index in [2.05, 4.69) is 24.9 Å². The topological polar surface area (TPSA) is 23.5 Å². The van der Waals surface area contributed by atoms with Gasteiger partial charge in [-0.25, -0.2) is 0 Å². The molecule has 76 valence electrons. The Balaban J connectivity index is 2.50. The number of nitrogens with zero attached hydrogens (tertiary/aromatic N) is 1. The first-order chi connectivity index (χ1) is 6.59. The molecule has 0 spiro atoms. The standard InChI is InChI=1S/C12H17NO/c1-8-6-10-4-5-13(3)9(2)11(10)7-12(8)14/h6-7,9,14H,4-5H2,1-3H3. The van der Waals surface area contributed by atoms with Crippen LogP contribution in [0.1, 0.15) is 29.7 Å². The van der Waals surface area contributed by atoms with E-state index in [1.54, 1.807) is 0 Å². The fourth-order valence-corrected chi connectivity index (χ4v) is 2.11. The maximum absolute atomic E-state index is 9.66. The van der Waals surface area contributed by atoms with Crippen LogP contribution < -0.4 is 0 Å². The third-order valence-electron chi connectivity index (χ3n) is 3.30. The molecule has 1 heterocycles. The number of likely N-dealkylation sites (N-methyl/N-ethyl adjacent to an activating group) is 1. The van der Waals surface area contributed by atoms with Gasteiger partial charge in [-0.05, 0) is 50.1 Å². The Morgan fingerprint density at radius 3 is 2.86 bits per heavy atom. The molecule has 0 aliphatic carbocycles. The number of aromatic hydroxyl groups is 1. The van der Waals surface area contributed by atoms with Gasteiger partial charge in [0.15, 0.2) is 0 Å². The molecule has 1 atom stereocenters. The summed E-state index contributed by atoms with van der Waals surface area (Å²) in [6.45, 7) is 5.25. The molecule has 0 saturated carbocycles. The molecule has 1 aromatic rings. The van der Waals surface area contributed by atoms with Crippen molar-refractivity contribution in [1.29, 1.82) is 0 Å². The Hall–Kier alpha value is -1.02. The van der Waals surface area contributed by atoms with Crippen molar-refractivity contribution in [2.45, 2.75) is 26.3 Å². The van der Waals surface area contributed by atoms with Gasteiger partial charge in [-0.1, -0.05) is 6.07 Å². The molecule has 1 N–H and O–H groups in total. The van der Waals surface area contributed by atoms with Crippen molar-refractivity contribution in [3.8, 4) is 5.75 Å².